The number of aromatic nitrogens is 2. The van der Waals surface area contributed by atoms with Gasteiger partial charge in [-0.3, -0.25) is 14.5 Å². The van der Waals surface area contributed by atoms with Gasteiger partial charge in [0.1, 0.15) is 11.4 Å². The number of carbonyl (C=O) groups excluding carboxylic acids is 1. The van der Waals surface area contributed by atoms with E-state index in [2.05, 4.69) is 4.98 Å². The lowest BCUT2D eigenvalue weighted by Gasteiger charge is -2.17. The highest BCUT2D eigenvalue weighted by molar-refractivity contribution is 6.05. The van der Waals surface area contributed by atoms with Gasteiger partial charge in [-0.1, -0.05) is 32.0 Å². The third-order valence-corrected chi connectivity index (χ3v) is 4.04. The van der Waals surface area contributed by atoms with E-state index in [4.69, 9.17) is 0 Å². The molecule has 2 aromatic heterocycles. The van der Waals surface area contributed by atoms with Crippen LogP contribution in [0.25, 0.3) is 10.9 Å². The largest absolute Gasteiger partial charge is 0.315 e. The topological polar surface area (TPSA) is 55.2 Å². The highest BCUT2D eigenvalue weighted by Gasteiger charge is 2.19. The third kappa shape index (κ3) is 3.45. The first-order valence-corrected chi connectivity index (χ1v) is 8.30. The molecule has 3 rings (SSSR count). The first kappa shape index (κ1) is 16.9. The Labute approximate surface area is 146 Å². The van der Waals surface area contributed by atoms with E-state index < -0.39 is 0 Å². The Morgan fingerprint density at radius 2 is 1.88 bits per heavy atom. The minimum absolute atomic E-state index is 0.153. The number of rotatable bonds is 4. The van der Waals surface area contributed by atoms with Gasteiger partial charge >= 0.3 is 0 Å². The van der Waals surface area contributed by atoms with E-state index in [9.17, 15) is 9.59 Å². The van der Waals surface area contributed by atoms with Crippen LogP contribution in [0, 0.1) is 5.92 Å². The smallest absolute Gasteiger partial charge is 0.264 e. The van der Waals surface area contributed by atoms with Crippen LogP contribution in [0.4, 0.5) is 5.82 Å². The Balaban J connectivity index is 1.95. The minimum atomic E-state index is -0.356. The second-order valence-electron chi connectivity index (χ2n) is 6.50. The molecule has 5 heteroatoms. The van der Waals surface area contributed by atoms with Crippen molar-refractivity contribution in [1.82, 2.24) is 9.55 Å². The highest BCUT2D eigenvalue weighted by Crippen LogP contribution is 2.18. The molecule has 0 bridgehead atoms. The number of para-hydroxylation sites is 1. The van der Waals surface area contributed by atoms with Gasteiger partial charge in [0.05, 0.1) is 5.52 Å². The van der Waals surface area contributed by atoms with Crippen LogP contribution in [0.1, 0.15) is 24.2 Å². The fourth-order valence-corrected chi connectivity index (χ4v) is 2.76. The van der Waals surface area contributed by atoms with Crippen LogP contribution in [-0.2, 0) is 6.54 Å². The lowest BCUT2D eigenvalue weighted by molar-refractivity contribution is 0.0990. The van der Waals surface area contributed by atoms with Gasteiger partial charge < -0.3 is 4.57 Å². The predicted octanol–water partition coefficient (Wildman–Crippen LogP) is 3.33. The van der Waals surface area contributed by atoms with Crippen LogP contribution in [0.5, 0.6) is 0 Å². The van der Waals surface area contributed by atoms with Gasteiger partial charge in [-0.25, -0.2) is 4.98 Å². The van der Waals surface area contributed by atoms with E-state index in [1.807, 2.05) is 44.2 Å². The SMILES string of the molecule is CC(C)Cn1cccc(C(=O)N(C)c2ccc3ccccc3n2)c1=O. The molecule has 1 amide bonds. The summed E-state index contributed by atoms with van der Waals surface area (Å²) in [6, 6.07) is 14.7. The number of carbonyl (C=O) groups is 1. The van der Waals surface area contributed by atoms with Crippen LogP contribution in [0.3, 0.4) is 0 Å². The highest BCUT2D eigenvalue weighted by atomic mass is 16.2. The second kappa shape index (κ2) is 6.89. The summed E-state index contributed by atoms with van der Waals surface area (Å²) in [7, 11) is 1.64. The van der Waals surface area contributed by atoms with Gasteiger partial charge in [-0.2, -0.15) is 0 Å². The maximum atomic E-state index is 12.8. The van der Waals surface area contributed by atoms with Crippen molar-refractivity contribution in [3.8, 4) is 0 Å². The van der Waals surface area contributed by atoms with Gasteiger partial charge in [0.2, 0.25) is 0 Å². The number of pyridine rings is 2. The summed E-state index contributed by atoms with van der Waals surface area (Å²) in [4.78, 5) is 31.3. The molecule has 0 atom stereocenters. The molecule has 1 aromatic carbocycles. The van der Waals surface area contributed by atoms with Gasteiger partial charge in [-0.05, 0) is 36.2 Å². The monoisotopic (exact) mass is 335 g/mol. The molecule has 0 aliphatic rings. The van der Waals surface area contributed by atoms with Gasteiger partial charge in [0.25, 0.3) is 11.5 Å². The van der Waals surface area contributed by atoms with Crippen molar-refractivity contribution in [2.24, 2.45) is 5.92 Å². The minimum Gasteiger partial charge on any atom is -0.315 e. The number of hydrogen-bond donors (Lipinski definition) is 0. The summed E-state index contributed by atoms with van der Waals surface area (Å²) in [6.07, 6.45) is 1.72. The lowest BCUT2D eigenvalue weighted by atomic mass is 10.2. The molecule has 0 aliphatic heterocycles. The number of nitrogens with zero attached hydrogens (tertiary/aromatic N) is 3. The number of fused-ring (bicyclic) bond motifs is 1. The zero-order chi connectivity index (χ0) is 18.0. The quantitative estimate of drug-likeness (QED) is 0.735. The first-order valence-electron chi connectivity index (χ1n) is 8.30. The average Bonchev–Trinajstić information content (AvgIpc) is 2.61. The van der Waals surface area contributed by atoms with E-state index >= 15 is 0 Å². The lowest BCUT2D eigenvalue weighted by Crippen LogP contribution is -2.35. The summed E-state index contributed by atoms with van der Waals surface area (Å²) in [5.74, 6) is 0.483. The maximum absolute atomic E-state index is 12.8. The van der Waals surface area contributed by atoms with Gasteiger partial charge in [-0.15, -0.1) is 0 Å². The number of hydrogen-bond acceptors (Lipinski definition) is 3. The van der Waals surface area contributed by atoms with E-state index in [0.717, 1.165) is 10.9 Å². The van der Waals surface area contributed by atoms with Crippen molar-refractivity contribution in [2.75, 3.05) is 11.9 Å². The summed E-state index contributed by atoms with van der Waals surface area (Å²) in [5, 5.41) is 1.01. The Morgan fingerprint density at radius 3 is 2.64 bits per heavy atom. The molecule has 0 N–H and O–H groups in total. The standard InChI is InChI=1S/C20H21N3O2/c1-14(2)13-23-12-6-8-16(20(23)25)19(24)22(3)18-11-10-15-7-4-5-9-17(15)21-18/h4-12,14H,13H2,1-3H3. The summed E-state index contributed by atoms with van der Waals surface area (Å²) in [6.45, 7) is 4.65. The van der Waals surface area contributed by atoms with Crippen LogP contribution < -0.4 is 10.5 Å². The third-order valence-electron chi connectivity index (χ3n) is 4.04. The molecule has 25 heavy (non-hydrogen) atoms. The molecule has 0 radical (unpaired) electrons. The predicted molar refractivity (Wildman–Crippen MR) is 100 cm³/mol. The van der Waals surface area contributed by atoms with Crippen molar-refractivity contribution in [3.63, 3.8) is 0 Å². The van der Waals surface area contributed by atoms with Crippen LogP contribution in [-0.4, -0.2) is 22.5 Å². The zero-order valence-electron chi connectivity index (χ0n) is 14.6. The van der Waals surface area contributed by atoms with Crippen molar-refractivity contribution in [1.29, 1.82) is 0 Å². The van der Waals surface area contributed by atoms with E-state index in [1.54, 1.807) is 36.0 Å². The second-order valence-corrected chi connectivity index (χ2v) is 6.50. The molecule has 0 aliphatic carbocycles. The van der Waals surface area contributed by atoms with Crippen LogP contribution in [0.2, 0.25) is 0 Å². The van der Waals surface area contributed by atoms with Gasteiger partial charge in [0.15, 0.2) is 0 Å². The van der Waals surface area contributed by atoms with Crippen LogP contribution >= 0.6 is 0 Å². The molecule has 128 valence electrons. The summed E-state index contributed by atoms with van der Waals surface area (Å²) in [5.41, 5.74) is 0.694. The fraction of sp³-hybridized carbons (Fsp3) is 0.250. The van der Waals surface area contributed by atoms with Crippen molar-refractivity contribution in [3.05, 3.63) is 70.6 Å². The van der Waals surface area contributed by atoms with Gasteiger partial charge in [0, 0.05) is 25.2 Å². The molecule has 5 nitrogen and oxygen atoms in total. The molecule has 0 saturated carbocycles. The van der Waals surface area contributed by atoms with Crippen molar-refractivity contribution < 1.29 is 4.79 Å². The van der Waals surface area contributed by atoms with E-state index in [1.165, 1.54) is 4.90 Å². The number of anilines is 1. The molecule has 2 heterocycles. The maximum Gasteiger partial charge on any atom is 0.264 e. The molecule has 0 unspecified atom stereocenters. The molecule has 0 saturated heterocycles. The fourth-order valence-electron chi connectivity index (χ4n) is 2.76. The molecule has 0 spiro atoms. The molecule has 0 fully saturated rings. The Morgan fingerprint density at radius 1 is 1.12 bits per heavy atom. The molecular weight excluding hydrogens is 314 g/mol. The average molecular weight is 335 g/mol. The zero-order valence-corrected chi connectivity index (χ0v) is 14.6. The summed E-state index contributed by atoms with van der Waals surface area (Å²) >= 11 is 0. The van der Waals surface area contributed by atoms with E-state index in [-0.39, 0.29) is 17.0 Å². The first-order chi connectivity index (χ1) is 12.0. The summed E-state index contributed by atoms with van der Waals surface area (Å²) < 4.78 is 1.58. The van der Waals surface area contributed by atoms with E-state index in [0.29, 0.717) is 18.3 Å². The Kier molecular flexibility index (Phi) is 4.65. The number of amides is 1. The van der Waals surface area contributed by atoms with Crippen molar-refractivity contribution >= 4 is 22.6 Å². The Bertz CT molecular complexity index is 976. The van der Waals surface area contributed by atoms with Crippen LogP contribution in [0.15, 0.2) is 59.5 Å². The Hall–Kier alpha value is -2.95. The normalized spacial score (nSPS) is 11.0. The molecule has 3 aromatic rings. The van der Waals surface area contributed by atoms with Crippen molar-refractivity contribution in [2.45, 2.75) is 20.4 Å². The number of benzene rings is 1. The molecular formula is C20H21N3O2.